The van der Waals surface area contributed by atoms with Gasteiger partial charge in [-0.05, 0) is 48.5 Å². The first-order valence-electron chi connectivity index (χ1n) is 10.0. The zero-order valence-electron chi connectivity index (χ0n) is 17.9. The number of nitrogens with one attached hydrogen (secondary N) is 2. The van der Waals surface area contributed by atoms with Crippen molar-refractivity contribution in [2.45, 2.75) is 19.9 Å². The predicted octanol–water partition coefficient (Wildman–Crippen LogP) is 3.30. The maximum atomic E-state index is 12.7. The van der Waals surface area contributed by atoms with E-state index in [4.69, 9.17) is 21.7 Å². The Morgan fingerprint density at radius 1 is 1.13 bits per heavy atom. The number of anilines is 1. The van der Waals surface area contributed by atoms with E-state index in [0.717, 1.165) is 17.5 Å². The van der Waals surface area contributed by atoms with Crippen LogP contribution < -0.4 is 20.3 Å². The number of hydrogen-bond acceptors (Lipinski definition) is 5. The first kappa shape index (κ1) is 22.6. The number of benzene rings is 2. The Bertz CT molecular complexity index is 1110. The average molecular weight is 442 g/mol. The molecular weight excluding hydrogens is 414 g/mol. The Kier molecular flexibility index (Phi) is 7.49. The van der Waals surface area contributed by atoms with Crippen molar-refractivity contribution in [1.29, 1.82) is 0 Å². The fraction of sp³-hybridized carbons (Fsp3) is 0.304. The monoisotopic (exact) mass is 441 g/mol. The van der Waals surface area contributed by atoms with Gasteiger partial charge in [-0.25, -0.2) is 0 Å². The van der Waals surface area contributed by atoms with Gasteiger partial charge in [0.1, 0.15) is 0 Å². The van der Waals surface area contributed by atoms with Crippen molar-refractivity contribution in [3.8, 4) is 11.5 Å². The maximum absolute atomic E-state index is 12.7. The Balaban J connectivity index is 1.86. The highest BCUT2D eigenvalue weighted by molar-refractivity contribution is 7.80. The average Bonchev–Trinajstić information content (AvgIpc) is 2.78. The van der Waals surface area contributed by atoms with Crippen LogP contribution in [0.15, 0.2) is 47.3 Å². The van der Waals surface area contributed by atoms with Crippen LogP contribution in [0.2, 0.25) is 0 Å². The Hall–Kier alpha value is -3.10. The van der Waals surface area contributed by atoms with Crippen LogP contribution >= 0.6 is 12.2 Å². The van der Waals surface area contributed by atoms with Gasteiger partial charge in [-0.15, -0.1) is 0 Å². The van der Waals surface area contributed by atoms with Gasteiger partial charge in [0.25, 0.3) is 5.56 Å². The zero-order chi connectivity index (χ0) is 22.4. The number of nitrogens with zero attached hydrogens (tertiary/aromatic N) is 1. The predicted molar refractivity (Wildman–Crippen MR) is 127 cm³/mol. The van der Waals surface area contributed by atoms with Crippen LogP contribution in [0.3, 0.4) is 0 Å². The number of rotatable bonds is 8. The number of aromatic amines is 1. The molecular formula is C23H27N3O4S. The highest BCUT2D eigenvalue weighted by Gasteiger charge is 2.15. The molecule has 8 heteroatoms. The third-order valence-electron chi connectivity index (χ3n) is 5.06. The van der Waals surface area contributed by atoms with Crippen LogP contribution in [0.25, 0.3) is 10.9 Å². The number of aliphatic hydroxyl groups is 1. The minimum atomic E-state index is -0.224. The van der Waals surface area contributed by atoms with Gasteiger partial charge in [-0.2, -0.15) is 0 Å². The first-order chi connectivity index (χ1) is 15.0. The van der Waals surface area contributed by atoms with Crippen molar-refractivity contribution < 1.29 is 14.6 Å². The number of aliphatic hydroxyl groups excluding tert-OH is 1. The van der Waals surface area contributed by atoms with Gasteiger partial charge >= 0.3 is 0 Å². The SMILES string of the molecule is CCc1ccc(NC(=S)N(CCO)Cc2cc3cc(OC)c(OC)cc3[nH]c2=O)cc1. The summed E-state index contributed by atoms with van der Waals surface area (Å²) in [5.74, 6) is 1.12. The van der Waals surface area contributed by atoms with E-state index in [1.54, 1.807) is 31.3 Å². The molecule has 0 aliphatic carbocycles. The molecule has 0 aliphatic heterocycles. The van der Waals surface area contributed by atoms with Crippen molar-refractivity contribution >= 4 is 33.9 Å². The third-order valence-corrected chi connectivity index (χ3v) is 5.42. The largest absolute Gasteiger partial charge is 0.493 e. The fourth-order valence-corrected chi connectivity index (χ4v) is 3.57. The fourth-order valence-electron chi connectivity index (χ4n) is 3.30. The number of methoxy groups -OCH3 is 2. The second-order valence-electron chi connectivity index (χ2n) is 7.04. The highest BCUT2D eigenvalue weighted by atomic mass is 32.1. The molecule has 3 N–H and O–H groups in total. The summed E-state index contributed by atoms with van der Waals surface area (Å²) in [6.45, 7) is 2.55. The Morgan fingerprint density at radius 3 is 2.42 bits per heavy atom. The van der Waals surface area contributed by atoms with Crippen molar-refractivity contribution in [2.24, 2.45) is 0 Å². The van der Waals surface area contributed by atoms with E-state index in [-0.39, 0.29) is 18.7 Å². The molecule has 0 radical (unpaired) electrons. The number of hydrogen-bond donors (Lipinski definition) is 3. The summed E-state index contributed by atoms with van der Waals surface area (Å²) in [7, 11) is 3.11. The van der Waals surface area contributed by atoms with E-state index in [2.05, 4.69) is 17.2 Å². The van der Waals surface area contributed by atoms with E-state index in [0.29, 0.717) is 34.2 Å². The topological polar surface area (TPSA) is 86.8 Å². The minimum absolute atomic E-state index is 0.0902. The van der Waals surface area contributed by atoms with Crippen LogP contribution in [-0.2, 0) is 13.0 Å². The molecule has 0 bridgehead atoms. The summed E-state index contributed by atoms with van der Waals surface area (Å²) < 4.78 is 10.7. The van der Waals surface area contributed by atoms with Crippen LogP contribution in [0.4, 0.5) is 5.69 Å². The van der Waals surface area contributed by atoms with E-state index in [1.165, 1.54) is 5.56 Å². The summed E-state index contributed by atoms with van der Waals surface area (Å²) >= 11 is 5.55. The van der Waals surface area contributed by atoms with Gasteiger partial charge in [0.05, 0.1) is 32.9 Å². The number of aromatic nitrogens is 1. The smallest absolute Gasteiger partial charge is 0.253 e. The summed E-state index contributed by atoms with van der Waals surface area (Å²) in [6, 6.07) is 13.4. The number of ether oxygens (including phenoxy) is 2. The summed E-state index contributed by atoms with van der Waals surface area (Å²) in [5.41, 5.74) is 3.04. The summed E-state index contributed by atoms with van der Waals surface area (Å²) in [6.07, 6.45) is 0.961. The third kappa shape index (κ3) is 5.34. The lowest BCUT2D eigenvalue weighted by molar-refractivity contribution is 0.248. The standard InChI is InChI=1S/C23H27N3O4S/c1-4-15-5-7-18(8-6-15)24-23(31)26(9-10-27)14-17-11-16-12-20(29-2)21(30-3)13-19(16)25-22(17)28/h5-8,11-13,27H,4,9-10,14H2,1-3H3,(H,24,31)(H,25,28). The highest BCUT2D eigenvalue weighted by Crippen LogP contribution is 2.31. The Labute approximate surface area is 186 Å². The van der Waals surface area contributed by atoms with Gasteiger partial charge < -0.3 is 29.8 Å². The van der Waals surface area contributed by atoms with Crippen LogP contribution in [0.5, 0.6) is 11.5 Å². The molecule has 0 unspecified atom stereocenters. The number of aryl methyl sites for hydroxylation is 1. The van der Waals surface area contributed by atoms with Crippen molar-refractivity contribution in [3.05, 3.63) is 63.9 Å². The molecule has 0 aliphatic rings. The molecule has 0 saturated heterocycles. The Morgan fingerprint density at radius 2 is 1.81 bits per heavy atom. The molecule has 0 spiro atoms. The normalized spacial score (nSPS) is 10.7. The van der Waals surface area contributed by atoms with Gasteiger partial charge in [-0.1, -0.05) is 19.1 Å². The van der Waals surface area contributed by atoms with Gasteiger partial charge in [0.15, 0.2) is 16.6 Å². The van der Waals surface area contributed by atoms with Gasteiger partial charge in [0, 0.05) is 29.2 Å². The first-order valence-corrected chi connectivity index (χ1v) is 10.4. The number of thiocarbonyl (C=S) groups is 1. The molecule has 3 aromatic rings. The van der Waals surface area contributed by atoms with Crippen molar-refractivity contribution in [2.75, 3.05) is 32.7 Å². The van der Waals surface area contributed by atoms with Crippen LogP contribution in [-0.4, -0.2) is 47.5 Å². The number of H-pyrrole nitrogens is 1. The van der Waals surface area contributed by atoms with Crippen molar-refractivity contribution in [1.82, 2.24) is 9.88 Å². The minimum Gasteiger partial charge on any atom is -0.493 e. The molecule has 7 nitrogen and oxygen atoms in total. The molecule has 1 aromatic heterocycles. The molecule has 164 valence electrons. The van der Waals surface area contributed by atoms with E-state index >= 15 is 0 Å². The molecule has 31 heavy (non-hydrogen) atoms. The molecule has 1 heterocycles. The maximum Gasteiger partial charge on any atom is 0.253 e. The second kappa shape index (κ2) is 10.3. The van der Waals surface area contributed by atoms with Crippen molar-refractivity contribution in [3.63, 3.8) is 0 Å². The number of pyridine rings is 1. The number of fused-ring (bicyclic) bond motifs is 1. The van der Waals surface area contributed by atoms with Gasteiger partial charge in [0.2, 0.25) is 0 Å². The molecule has 0 fully saturated rings. The van der Waals surface area contributed by atoms with E-state index in [9.17, 15) is 9.90 Å². The quantitative estimate of drug-likeness (QED) is 0.463. The lowest BCUT2D eigenvalue weighted by atomic mass is 10.1. The zero-order valence-corrected chi connectivity index (χ0v) is 18.7. The van der Waals surface area contributed by atoms with Gasteiger partial charge in [-0.3, -0.25) is 4.79 Å². The molecule has 0 amide bonds. The second-order valence-corrected chi connectivity index (χ2v) is 7.43. The summed E-state index contributed by atoms with van der Waals surface area (Å²) in [5, 5.41) is 14.0. The molecule has 0 saturated carbocycles. The van der Waals surface area contributed by atoms with E-state index < -0.39 is 0 Å². The molecule has 0 atom stereocenters. The van der Waals surface area contributed by atoms with E-state index in [1.807, 2.05) is 30.3 Å². The molecule has 3 rings (SSSR count). The summed E-state index contributed by atoms with van der Waals surface area (Å²) in [4.78, 5) is 17.4. The van der Waals surface area contributed by atoms with Crippen LogP contribution in [0, 0.1) is 0 Å². The molecule has 2 aromatic carbocycles. The lowest BCUT2D eigenvalue weighted by Crippen LogP contribution is -2.37. The van der Waals surface area contributed by atoms with Crippen LogP contribution in [0.1, 0.15) is 18.1 Å². The lowest BCUT2D eigenvalue weighted by Gasteiger charge is -2.25.